The molecule has 1 aromatic heterocycles. The minimum atomic E-state index is -0.800. The smallest absolute Gasteiger partial charge is 0.240 e. The number of carbonyl (C=O) groups excluding carboxylic acids is 1. The number of nitrogens with one attached hydrogen (secondary N) is 1. The molecule has 1 aliphatic rings. The first-order valence-corrected chi connectivity index (χ1v) is 6.97. The summed E-state index contributed by atoms with van der Waals surface area (Å²) in [6.07, 6.45) is 9.55. The van der Waals surface area contributed by atoms with Crippen LogP contribution in [0, 0.1) is 16.7 Å². The molecule has 0 aliphatic heterocycles. The maximum absolute atomic E-state index is 12.3. The van der Waals surface area contributed by atoms with E-state index in [4.69, 9.17) is 0 Å². The Kier molecular flexibility index (Phi) is 4.26. The minimum Gasteiger partial charge on any atom is -0.357 e. The van der Waals surface area contributed by atoms with E-state index >= 15 is 0 Å². The molecule has 1 aliphatic carbocycles. The number of aryl methyl sites for hydroxylation is 1. The lowest BCUT2D eigenvalue weighted by Crippen LogP contribution is -2.39. The summed E-state index contributed by atoms with van der Waals surface area (Å²) in [6.45, 7) is 0.503. The molecule has 0 aromatic carbocycles. The van der Waals surface area contributed by atoms with Gasteiger partial charge in [-0.05, 0) is 24.5 Å². The van der Waals surface area contributed by atoms with Crippen LogP contribution in [0.15, 0.2) is 18.5 Å². The van der Waals surface area contributed by atoms with Crippen LogP contribution in [0.2, 0.25) is 0 Å². The van der Waals surface area contributed by atoms with E-state index < -0.39 is 5.41 Å². The van der Waals surface area contributed by atoms with Gasteiger partial charge in [-0.1, -0.05) is 25.7 Å². The van der Waals surface area contributed by atoms with Crippen LogP contribution in [-0.2, 0) is 18.4 Å². The van der Waals surface area contributed by atoms with Gasteiger partial charge >= 0.3 is 0 Å². The third-order valence-corrected chi connectivity index (χ3v) is 3.95. The summed E-state index contributed by atoms with van der Waals surface area (Å²) in [6, 6.07) is 4.26. The Morgan fingerprint density at radius 3 is 2.63 bits per heavy atom. The van der Waals surface area contributed by atoms with Crippen molar-refractivity contribution in [2.24, 2.45) is 12.5 Å². The van der Waals surface area contributed by atoms with E-state index in [0.717, 1.165) is 31.2 Å². The van der Waals surface area contributed by atoms with Crippen molar-refractivity contribution in [2.75, 3.05) is 0 Å². The topological polar surface area (TPSA) is 57.8 Å². The van der Waals surface area contributed by atoms with E-state index in [1.807, 2.05) is 30.1 Å². The van der Waals surface area contributed by atoms with E-state index in [-0.39, 0.29) is 5.91 Å². The summed E-state index contributed by atoms with van der Waals surface area (Å²) in [5, 5.41) is 12.4. The van der Waals surface area contributed by atoms with Crippen molar-refractivity contribution in [1.82, 2.24) is 9.88 Å². The van der Waals surface area contributed by atoms with Crippen molar-refractivity contribution in [1.29, 1.82) is 5.26 Å². The summed E-state index contributed by atoms with van der Waals surface area (Å²) in [7, 11) is 1.95. The van der Waals surface area contributed by atoms with Gasteiger partial charge in [0.2, 0.25) is 5.91 Å². The summed E-state index contributed by atoms with van der Waals surface area (Å²) >= 11 is 0. The molecule has 2 rings (SSSR count). The molecule has 4 nitrogen and oxygen atoms in total. The number of hydrogen-bond acceptors (Lipinski definition) is 2. The van der Waals surface area contributed by atoms with Gasteiger partial charge in [-0.25, -0.2) is 0 Å². The average molecular weight is 259 g/mol. The molecular weight excluding hydrogens is 238 g/mol. The predicted molar refractivity (Wildman–Crippen MR) is 73.0 cm³/mol. The number of hydrogen-bond donors (Lipinski definition) is 1. The number of amides is 1. The molecule has 1 saturated carbocycles. The molecule has 0 radical (unpaired) electrons. The monoisotopic (exact) mass is 259 g/mol. The van der Waals surface area contributed by atoms with Gasteiger partial charge in [0, 0.05) is 26.0 Å². The fourth-order valence-electron chi connectivity index (χ4n) is 2.74. The first-order chi connectivity index (χ1) is 9.16. The van der Waals surface area contributed by atoms with E-state index in [1.165, 1.54) is 0 Å². The van der Waals surface area contributed by atoms with Crippen LogP contribution in [-0.4, -0.2) is 10.5 Å². The highest BCUT2D eigenvalue weighted by Gasteiger charge is 2.38. The lowest BCUT2D eigenvalue weighted by Gasteiger charge is -2.23. The molecule has 1 heterocycles. The van der Waals surface area contributed by atoms with Crippen molar-refractivity contribution in [3.63, 3.8) is 0 Å². The molecule has 0 bridgehead atoms. The number of rotatable bonds is 3. The van der Waals surface area contributed by atoms with Crippen LogP contribution < -0.4 is 5.32 Å². The third-order valence-electron chi connectivity index (χ3n) is 3.95. The van der Waals surface area contributed by atoms with Gasteiger partial charge in [0.25, 0.3) is 0 Å². The Bertz CT molecular complexity index is 476. The van der Waals surface area contributed by atoms with E-state index in [9.17, 15) is 10.1 Å². The van der Waals surface area contributed by atoms with Gasteiger partial charge in [0.1, 0.15) is 5.41 Å². The van der Waals surface area contributed by atoms with Crippen LogP contribution >= 0.6 is 0 Å². The molecule has 19 heavy (non-hydrogen) atoms. The van der Waals surface area contributed by atoms with Gasteiger partial charge in [-0.15, -0.1) is 0 Å². The Morgan fingerprint density at radius 2 is 2.11 bits per heavy atom. The lowest BCUT2D eigenvalue weighted by molar-refractivity contribution is -0.129. The van der Waals surface area contributed by atoms with E-state index in [0.29, 0.717) is 19.4 Å². The number of nitrogens with zero attached hydrogens (tertiary/aromatic N) is 2. The lowest BCUT2D eigenvalue weighted by atomic mass is 9.81. The molecule has 102 valence electrons. The summed E-state index contributed by atoms with van der Waals surface area (Å²) in [5.41, 5.74) is 0.267. The first kappa shape index (κ1) is 13.7. The van der Waals surface area contributed by atoms with Crippen LogP contribution in [0.25, 0.3) is 0 Å². The Balaban J connectivity index is 1.98. The summed E-state index contributed by atoms with van der Waals surface area (Å²) in [4.78, 5) is 12.3. The van der Waals surface area contributed by atoms with Gasteiger partial charge in [-0.3, -0.25) is 4.79 Å². The molecular formula is C15H21N3O. The van der Waals surface area contributed by atoms with Crippen molar-refractivity contribution in [2.45, 2.75) is 45.1 Å². The van der Waals surface area contributed by atoms with Crippen LogP contribution in [0.5, 0.6) is 0 Å². The minimum absolute atomic E-state index is 0.0965. The molecule has 1 N–H and O–H groups in total. The molecule has 1 aromatic rings. The Labute approximate surface area is 114 Å². The second kappa shape index (κ2) is 5.92. The average Bonchev–Trinajstić information content (AvgIpc) is 2.69. The zero-order valence-corrected chi connectivity index (χ0v) is 11.5. The first-order valence-electron chi connectivity index (χ1n) is 6.97. The highest BCUT2D eigenvalue weighted by molar-refractivity contribution is 5.85. The fraction of sp³-hybridized carbons (Fsp3) is 0.600. The second-order valence-electron chi connectivity index (χ2n) is 5.48. The largest absolute Gasteiger partial charge is 0.357 e. The Hall–Kier alpha value is -1.76. The summed E-state index contributed by atoms with van der Waals surface area (Å²) < 4.78 is 1.95. The maximum atomic E-state index is 12.3. The molecule has 0 spiro atoms. The zero-order chi connectivity index (χ0) is 13.7. The molecule has 0 unspecified atom stereocenters. The SMILES string of the molecule is Cn1ccc(CNC(=O)C2(C#N)CCCCCC2)c1. The highest BCUT2D eigenvalue weighted by Crippen LogP contribution is 2.34. The normalized spacial score (nSPS) is 18.3. The molecule has 4 heteroatoms. The van der Waals surface area contributed by atoms with Crippen molar-refractivity contribution in [3.8, 4) is 6.07 Å². The molecule has 0 saturated heterocycles. The molecule has 1 fully saturated rings. The zero-order valence-electron chi connectivity index (χ0n) is 11.5. The van der Waals surface area contributed by atoms with E-state index in [2.05, 4.69) is 11.4 Å². The van der Waals surface area contributed by atoms with E-state index in [1.54, 1.807) is 0 Å². The fourth-order valence-corrected chi connectivity index (χ4v) is 2.74. The van der Waals surface area contributed by atoms with Crippen molar-refractivity contribution >= 4 is 5.91 Å². The van der Waals surface area contributed by atoms with Crippen LogP contribution in [0.4, 0.5) is 0 Å². The Morgan fingerprint density at radius 1 is 1.42 bits per heavy atom. The molecule has 1 amide bonds. The quantitative estimate of drug-likeness (QED) is 0.848. The number of nitriles is 1. The maximum Gasteiger partial charge on any atom is 0.240 e. The predicted octanol–water partition coefficient (Wildman–Crippen LogP) is 2.51. The highest BCUT2D eigenvalue weighted by atomic mass is 16.2. The molecule has 0 atom stereocenters. The van der Waals surface area contributed by atoms with Gasteiger partial charge in [0.05, 0.1) is 6.07 Å². The van der Waals surface area contributed by atoms with Gasteiger partial charge < -0.3 is 9.88 Å². The van der Waals surface area contributed by atoms with Crippen molar-refractivity contribution < 1.29 is 4.79 Å². The standard InChI is InChI=1S/C15H21N3O/c1-18-9-6-13(11-18)10-17-14(19)15(12-16)7-4-2-3-5-8-15/h6,9,11H,2-5,7-8,10H2,1H3,(H,17,19). The van der Waals surface area contributed by atoms with Crippen LogP contribution in [0.1, 0.15) is 44.1 Å². The van der Waals surface area contributed by atoms with Crippen LogP contribution in [0.3, 0.4) is 0 Å². The third kappa shape index (κ3) is 3.17. The number of carbonyl (C=O) groups is 1. The number of aromatic nitrogens is 1. The van der Waals surface area contributed by atoms with Gasteiger partial charge in [0.15, 0.2) is 0 Å². The van der Waals surface area contributed by atoms with Crippen molar-refractivity contribution in [3.05, 3.63) is 24.0 Å². The van der Waals surface area contributed by atoms with Gasteiger partial charge in [-0.2, -0.15) is 5.26 Å². The summed E-state index contributed by atoms with van der Waals surface area (Å²) in [5.74, 6) is -0.0965. The second-order valence-corrected chi connectivity index (χ2v) is 5.48.